The summed E-state index contributed by atoms with van der Waals surface area (Å²) >= 11 is 3.17. The summed E-state index contributed by atoms with van der Waals surface area (Å²) in [5.74, 6) is 9.96. The molecule has 0 fully saturated rings. The van der Waals surface area contributed by atoms with Crippen LogP contribution in [-0.4, -0.2) is 17.4 Å². The summed E-state index contributed by atoms with van der Waals surface area (Å²) in [5.41, 5.74) is 2.75. The number of esters is 1. The van der Waals surface area contributed by atoms with E-state index in [2.05, 4.69) is 26.5 Å². The minimum absolute atomic E-state index is 0.193. The molecule has 1 rings (SSSR count). The van der Waals surface area contributed by atoms with Crippen molar-refractivity contribution in [2.24, 2.45) is 16.8 Å². The van der Waals surface area contributed by atoms with Crippen molar-refractivity contribution in [1.29, 1.82) is 0 Å². The second-order valence-electron chi connectivity index (χ2n) is 5.75. The lowest BCUT2D eigenvalue weighted by molar-refractivity contribution is -0.154. The first-order valence-corrected chi connectivity index (χ1v) is 7.74. The van der Waals surface area contributed by atoms with Crippen molar-refractivity contribution in [1.82, 2.24) is 5.43 Å². The molecule has 0 aliphatic rings. The first-order valence-electron chi connectivity index (χ1n) is 6.95. The maximum atomic E-state index is 12.4. The van der Waals surface area contributed by atoms with Crippen molar-refractivity contribution in [2.45, 2.75) is 46.1 Å². The van der Waals surface area contributed by atoms with Gasteiger partial charge in [0.2, 0.25) is 0 Å². The van der Waals surface area contributed by atoms with Gasteiger partial charge in [-0.1, -0.05) is 15.9 Å². The van der Waals surface area contributed by atoms with Crippen LogP contribution in [0.15, 0.2) is 27.8 Å². The lowest BCUT2D eigenvalue weighted by atomic mass is 10.2. The Morgan fingerprint density at radius 1 is 1.35 bits per heavy atom. The van der Waals surface area contributed by atoms with E-state index in [4.69, 9.17) is 16.4 Å². The summed E-state index contributed by atoms with van der Waals surface area (Å²) in [6, 6.07) is 4.79. The predicted octanol–water partition coefficient (Wildman–Crippen LogP) is 2.74. The third kappa shape index (κ3) is 11.5. The zero-order chi connectivity index (χ0) is 18.0. The number of aryl methyl sites for hydroxylation is 1. The quantitative estimate of drug-likeness (QED) is 0.242. The summed E-state index contributed by atoms with van der Waals surface area (Å²) in [6.45, 7) is 7.28. The van der Waals surface area contributed by atoms with Crippen molar-refractivity contribution < 1.29 is 13.9 Å². The number of nitrogens with two attached hydrogens (primary N) is 2. The van der Waals surface area contributed by atoms with Crippen molar-refractivity contribution in [2.75, 3.05) is 0 Å². The van der Waals surface area contributed by atoms with Crippen LogP contribution in [-0.2, 0) is 9.53 Å². The van der Waals surface area contributed by atoms with E-state index in [1.165, 1.54) is 12.1 Å². The molecule has 0 spiro atoms. The van der Waals surface area contributed by atoms with Gasteiger partial charge in [0.05, 0.1) is 6.42 Å². The number of ether oxygens (including phenoxy) is 1. The number of nitrogens with zero attached hydrogens (tertiary/aromatic N) is 1. The number of hydrogen-bond acceptors (Lipinski definition) is 5. The molecule has 0 unspecified atom stereocenters. The van der Waals surface area contributed by atoms with Gasteiger partial charge in [0, 0.05) is 10.9 Å². The lowest BCUT2D eigenvalue weighted by Crippen LogP contribution is -2.32. The van der Waals surface area contributed by atoms with E-state index in [-0.39, 0.29) is 18.2 Å². The Labute approximate surface area is 144 Å². The van der Waals surface area contributed by atoms with Crippen molar-refractivity contribution >= 4 is 27.7 Å². The number of halogens is 2. The molecular weight excluding hydrogens is 367 g/mol. The van der Waals surface area contributed by atoms with E-state index in [1.54, 1.807) is 0 Å². The highest BCUT2D eigenvalue weighted by molar-refractivity contribution is 9.10. The Morgan fingerprint density at radius 2 is 1.96 bits per heavy atom. The number of amidine groups is 1. The fourth-order valence-electron chi connectivity index (χ4n) is 1.48. The average Bonchev–Trinajstić information content (AvgIpc) is 2.36. The monoisotopic (exact) mass is 390 g/mol. The molecule has 5 N–H and O–H groups in total. The smallest absolute Gasteiger partial charge is 0.306 e. The molecule has 0 heterocycles. The van der Waals surface area contributed by atoms with Gasteiger partial charge in [-0.2, -0.15) is 5.10 Å². The largest absolute Gasteiger partial charge is 0.460 e. The summed E-state index contributed by atoms with van der Waals surface area (Å²) in [4.78, 5) is 11.2. The van der Waals surface area contributed by atoms with Gasteiger partial charge in [-0.05, 0) is 51.5 Å². The molecule has 1 aromatic rings. The molecule has 0 amide bonds. The van der Waals surface area contributed by atoms with Gasteiger partial charge >= 0.3 is 5.97 Å². The number of carbonyl (C=O) groups is 1. The van der Waals surface area contributed by atoms with Crippen molar-refractivity contribution in [3.63, 3.8) is 0 Å². The molecule has 0 aliphatic carbocycles. The molecule has 0 atom stereocenters. The normalized spacial score (nSPS) is 11.3. The zero-order valence-electron chi connectivity index (χ0n) is 13.8. The van der Waals surface area contributed by atoms with Crippen LogP contribution in [0.25, 0.3) is 0 Å². The number of carbonyl (C=O) groups excluding carboxylic acids is 1. The van der Waals surface area contributed by atoms with E-state index >= 15 is 0 Å². The number of hydrogen-bond donors (Lipinski definition) is 3. The van der Waals surface area contributed by atoms with Crippen molar-refractivity contribution in [3.05, 3.63) is 34.1 Å². The predicted molar refractivity (Wildman–Crippen MR) is 92.9 cm³/mol. The second kappa shape index (κ2) is 10.2. The van der Waals surface area contributed by atoms with Crippen LogP contribution in [0.1, 0.15) is 39.2 Å². The van der Waals surface area contributed by atoms with Gasteiger partial charge in [0.15, 0.2) is 0 Å². The number of hydrazine groups is 1. The number of rotatable bonds is 3. The van der Waals surface area contributed by atoms with Crippen LogP contribution in [0.3, 0.4) is 0 Å². The topological polar surface area (TPSA) is 103 Å². The Morgan fingerprint density at radius 3 is 2.35 bits per heavy atom. The Hall–Kier alpha value is -1.67. The number of benzene rings is 1. The SMILES string of the molecule is CC(C)(C)OC(=O)CC/C(=N/N)NN.Cc1cc(F)cc(Br)c1. The lowest BCUT2D eigenvalue weighted by Gasteiger charge is -2.19. The summed E-state index contributed by atoms with van der Waals surface area (Å²) in [6.07, 6.45) is 0.555. The fourth-order valence-corrected chi connectivity index (χ4v) is 2.06. The van der Waals surface area contributed by atoms with Crippen LogP contribution >= 0.6 is 15.9 Å². The van der Waals surface area contributed by atoms with Gasteiger partial charge in [-0.25, -0.2) is 10.2 Å². The molecule has 23 heavy (non-hydrogen) atoms. The fraction of sp³-hybridized carbons (Fsp3) is 0.467. The Kier molecular flexibility index (Phi) is 9.43. The standard InChI is InChI=1S/C8H18N4O2.C7H6BrF/c1-8(2,3)14-7(13)5-4-6(11-9)12-10;1-5-2-6(8)4-7(9)3-5/h4-5,9-10H2,1-3H3,(H,11,12);2-4H,1H3. The Bertz CT molecular complexity index is 494. The van der Waals surface area contributed by atoms with Gasteiger partial charge in [0.1, 0.15) is 17.3 Å². The molecule has 0 saturated heterocycles. The van der Waals surface area contributed by atoms with Gasteiger partial charge in [-0.3, -0.25) is 4.79 Å². The second-order valence-corrected chi connectivity index (χ2v) is 6.67. The maximum Gasteiger partial charge on any atom is 0.306 e. The third-order valence-corrected chi connectivity index (χ3v) is 2.77. The van der Waals surface area contributed by atoms with Crippen LogP contribution < -0.4 is 17.1 Å². The maximum absolute atomic E-state index is 12.4. The highest BCUT2D eigenvalue weighted by Crippen LogP contribution is 2.13. The molecule has 8 heteroatoms. The van der Waals surface area contributed by atoms with Crippen LogP contribution in [0.5, 0.6) is 0 Å². The molecule has 0 radical (unpaired) electrons. The Balaban J connectivity index is 0.000000459. The van der Waals surface area contributed by atoms with E-state index in [0.717, 1.165) is 10.0 Å². The molecular formula is C15H24BrFN4O2. The summed E-state index contributed by atoms with van der Waals surface area (Å²) in [5, 5.41) is 3.35. The molecule has 0 aliphatic heterocycles. The van der Waals surface area contributed by atoms with E-state index in [1.807, 2.05) is 33.8 Å². The molecule has 0 bridgehead atoms. The molecule has 130 valence electrons. The molecule has 6 nitrogen and oxygen atoms in total. The first kappa shape index (κ1) is 21.3. The molecule has 1 aromatic carbocycles. The number of nitrogens with one attached hydrogen (secondary N) is 1. The van der Waals surface area contributed by atoms with Crippen LogP contribution in [0.2, 0.25) is 0 Å². The molecule has 0 aromatic heterocycles. The summed E-state index contributed by atoms with van der Waals surface area (Å²) in [7, 11) is 0. The first-order chi connectivity index (χ1) is 10.6. The minimum atomic E-state index is -0.465. The minimum Gasteiger partial charge on any atom is -0.460 e. The van der Waals surface area contributed by atoms with Gasteiger partial charge in [0.25, 0.3) is 0 Å². The zero-order valence-corrected chi connectivity index (χ0v) is 15.4. The van der Waals surface area contributed by atoms with E-state index in [0.29, 0.717) is 12.3 Å². The summed E-state index contributed by atoms with van der Waals surface area (Å²) < 4.78 is 18.3. The van der Waals surface area contributed by atoms with Crippen molar-refractivity contribution in [3.8, 4) is 0 Å². The van der Waals surface area contributed by atoms with Gasteiger partial charge < -0.3 is 16.0 Å². The van der Waals surface area contributed by atoms with E-state index < -0.39 is 5.60 Å². The molecule has 0 saturated carbocycles. The highest BCUT2D eigenvalue weighted by atomic mass is 79.9. The van der Waals surface area contributed by atoms with Crippen LogP contribution in [0.4, 0.5) is 4.39 Å². The average molecular weight is 391 g/mol. The third-order valence-electron chi connectivity index (χ3n) is 2.32. The van der Waals surface area contributed by atoms with E-state index in [9.17, 15) is 9.18 Å². The highest BCUT2D eigenvalue weighted by Gasteiger charge is 2.16. The number of hydrazone groups is 1. The van der Waals surface area contributed by atoms with Crippen LogP contribution in [0, 0.1) is 12.7 Å². The van der Waals surface area contributed by atoms with Gasteiger partial charge in [-0.15, -0.1) is 0 Å².